The van der Waals surface area contributed by atoms with Crippen molar-refractivity contribution in [3.8, 4) is 0 Å². The molecule has 1 aromatic carbocycles. The van der Waals surface area contributed by atoms with E-state index in [1.165, 1.54) is 12.3 Å². The van der Waals surface area contributed by atoms with E-state index in [0.29, 0.717) is 6.42 Å². The van der Waals surface area contributed by atoms with Crippen molar-refractivity contribution in [1.29, 1.82) is 0 Å². The average Bonchev–Trinajstić information content (AvgIpc) is 2.93. The van der Waals surface area contributed by atoms with Gasteiger partial charge in [-0.2, -0.15) is 0 Å². The number of hydrogen-bond donors (Lipinski definition) is 3. The molecule has 6 heteroatoms. The van der Waals surface area contributed by atoms with E-state index in [0.717, 1.165) is 5.56 Å². The molecule has 2 rings (SSSR count). The van der Waals surface area contributed by atoms with Crippen LogP contribution >= 0.6 is 0 Å². The number of aliphatic hydroxyl groups is 1. The first kappa shape index (κ1) is 13.8. The van der Waals surface area contributed by atoms with Gasteiger partial charge in [-0.05, 0) is 18.1 Å². The fourth-order valence-corrected chi connectivity index (χ4v) is 3.01. The lowest BCUT2D eigenvalue weighted by Gasteiger charge is -2.15. The van der Waals surface area contributed by atoms with E-state index in [1.54, 1.807) is 6.20 Å². The van der Waals surface area contributed by atoms with Crippen LogP contribution in [0.2, 0.25) is 0 Å². The minimum atomic E-state index is -3.59. The quantitative estimate of drug-likeness (QED) is 0.735. The molecule has 3 N–H and O–H groups in total. The normalized spacial score (nSPS) is 13.3. The molecule has 102 valence electrons. The van der Waals surface area contributed by atoms with Crippen molar-refractivity contribution < 1.29 is 13.5 Å². The highest BCUT2D eigenvalue weighted by Crippen LogP contribution is 2.09. The smallest absolute Gasteiger partial charge is 0.242 e. The number of sulfonamides is 1. The van der Waals surface area contributed by atoms with Gasteiger partial charge < -0.3 is 10.1 Å². The maximum atomic E-state index is 12.0. The summed E-state index contributed by atoms with van der Waals surface area (Å²) in [7, 11) is -3.59. The molecule has 0 spiro atoms. The number of hydrogen-bond acceptors (Lipinski definition) is 3. The molecule has 0 saturated heterocycles. The zero-order valence-corrected chi connectivity index (χ0v) is 11.1. The van der Waals surface area contributed by atoms with Crippen molar-refractivity contribution in [3.05, 3.63) is 54.4 Å². The van der Waals surface area contributed by atoms with Gasteiger partial charge in [0.25, 0.3) is 0 Å². The number of aromatic nitrogens is 1. The Labute approximate surface area is 112 Å². The van der Waals surface area contributed by atoms with Crippen molar-refractivity contribution in [3.63, 3.8) is 0 Å². The van der Waals surface area contributed by atoms with E-state index in [1.807, 2.05) is 30.3 Å². The van der Waals surface area contributed by atoms with Crippen LogP contribution in [0.4, 0.5) is 0 Å². The molecule has 2 aromatic rings. The highest BCUT2D eigenvalue weighted by atomic mass is 32.2. The maximum absolute atomic E-state index is 12.0. The summed E-state index contributed by atoms with van der Waals surface area (Å²) in [6.07, 6.45) is 3.39. The molecule has 0 saturated carbocycles. The summed E-state index contributed by atoms with van der Waals surface area (Å²) in [6.45, 7) is -0.251. The zero-order chi connectivity index (χ0) is 13.7. The lowest BCUT2D eigenvalue weighted by Crippen LogP contribution is -2.38. The molecule has 0 amide bonds. The maximum Gasteiger partial charge on any atom is 0.242 e. The molecule has 0 aliphatic rings. The SMILES string of the molecule is O=S(=O)(NC(CO)Cc1ccccc1)c1cc[nH]c1. The van der Waals surface area contributed by atoms with E-state index >= 15 is 0 Å². The summed E-state index contributed by atoms with van der Waals surface area (Å²) >= 11 is 0. The van der Waals surface area contributed by atoms with Gasteiger partial charge in [-0.15, -0.1) is 0 Å². The van der Waals surface area contributed by atoms with Crippen LogP contribution in [0, 0.1) is 0 Å². The summed E-state index contributed by atoms with van der Waals surface area (Å²) in [5.41, 5.74) is 0.971. The van der Waals surface area contributed by atoms with Crippen LogP contribution in [0.5, 0.6) is 0 Å². The zero-order valence-electron chi connectivity index (χ0n) is 10.3. The van der Waals surface area contributed by atoms with Crippen LogP contribution in [0.3, 0.4) is 0 Å². The molecule has 0 fully saturated rings. The summed E-state index contributed by atoms with van der Waals surface area (Å²) in [5.74, 6) is 0. The third kappa shape index (κ3) is 3.66. The Kier molecular flexibility index (Phi) is 4.36. The molecule has 1 aromatic heterocycles. The number of aromatic amines is 1. The Morgan fingerprint density at radius 2 is 1.95 bits per heavy atom. The Balaban J connectivity index is 2.08. The van der Waals surface area contributed by atoms with Crippen LogP contribution in [0.25, 0.3) is 0 Å². The highest BCUT2D eigenvalue weighted by Gasteiger charge is 2.20. The van der Waals surface area contributed by atoms with E-state index in [9.17, 15) is 13.5 Å². The number of nitrogens with one attached hydrogen (secondary N) is 2. The third-order valence-corrected chi connectivity index (χ3v) is 4.27. The van der Waals surface area contributed by atoms with E-state index < -0.39 is 16.1 Å². The van der Waals surface area contributed by atoms with Gasteiger partial charge in [-0.25, -0.2) is 13.1 Å². The average molecular weight is 280 g/mol. The number of H-pyrrole nitrogens is 1. The van der Waals surface area contributed by atoms with Crippen molar-refractivity contribution in [1.82, 2.24) is 9.71 Å². The van der Waals surface area contributed by atoms with Gasteiger partial charge in [0, 0.05) is 18.4 Å². The summed E-state index contributed by atoms with van der Waals surface area (Å²) in [5, 5.41) is 9.31. The van der Waals surface area contributed by atoms with Crippen LogP contribution < -0.4 is 4.72 Å². The van der Waals surface area contributed by atoms with Crippen molar-refractivity contribution in [2.45, 2.75) is 17.4 Å². The first-order chi connectivity index (χ1) is 9.12. The molecule has 0 bridgehead atoms. The standard InChI is InChI=1S/C13H16N2O3S/c16-10-12(8-11-4-2-1-3-5-11)15-19(17,18)13-6-7-14-9-13/h1-7,9,12,14-16H,8,10H2. The van der Waals surface area contributed by atoms with Gasteiger partial charge in [0.15, 0.2) is 0 Å². The second-order valence-corrected chi connectivity index (χ2v) is 5.95. The Morgan fingerprint density at radius 3 is 2.53 bits per heavy atom. The summed E-state index contributed by atoms with van der Waals surface area (Å²) < 4.78 is 26.5. The van der Waals surface area contributed by atoms with Crippen LogP contribution in [-0.4, -0.2) is 31.2 Å². The fourth-order valence-electron chi connectivity index (χ4n) is 1.81. The van der Waals surface area contributed by atoms with Crippen molar-refractivity contribution >= 4 is 10.0 Å². The van der Waals surface area contributed by atoms with Gasteiger partial charge in [0.1, 0.15) is 0 Å². The largest absolute Gasteiger partial charge is 0.395 e. The molecule has 1 atom stereocenters. The van der Waals surface area contributed by atoms with E-state index in [4.69, 9.17) is 0 Å². The molecular weight excluding hydrogens is 264 g/mol. The molecule has 1 heterocycles. The van der Waals surface area contributed by atoms with Crippen molar-refractivity contribution in [2.24, 2.45) is 0 Å². The van der Waals surface area contributed by atoms with Gasteiger partial charge in [0.05, 0.1) is 11.5 Å². The lowest BCUT2D eigenvalue weighted by molar-refractivity contribution is 0.256. The van der Waals surface area contributed by atoms with Gasteiger partial charge in [-0.1, -0.05) is 30.3 Å². The van der Waals surface area contributed by atoms with Gasteiger partial charge >= 0.3 is 0 Å². The Hall–Kier alpha value is -1.63. The highest BCUT2D eigenvalue weighted by molar-refractivity contribution is 7.89. The third-order valence-electron chi connectivity index (χ3n) is 2.75. The molecule has 0 aliphatic heterocycles. The molecule has 19 heavy (non-hydrogen) atoms. The number of benzene rings is 1. The lowest BCUT2D eigenvalue weighted by atomic mass is 10.1. The first-order valence-electron chi connectivity index (χ1n) is 5.92. The van der Waals surface area contributed by atoms with Crippen LogP contribution in [0.15, 0.2) is 53.7 Å². The Morgan fingerprint density at radius 1 is 1.21 bits per heavy atom. The van der Waals surface area contributed by atoms with Crippen molar-refractivity contribution in [2.75, 3.05) is 6.61 Å². The first-order valence-corrected chi connectivity index (χ1v) is 7.40. The monoisotopic (exact) mass is 280 g/mol. The molecule has 0 aliphatic carbocycles. The summed E-state index contributed by atoms with van der Waals surface area (Å²) in [6, 6.07) is 10.4. The second-order valence-electron chi connectivity index (χ2n) is 4.24. The predicted molar refractivity (Wildman–Crippen MR) is 72.1 cm³/mol. The molecule has 1 unspecified atom stereocenters. The number of aliphatic hydroxyl groups excluding tert-OH is 1. The minimum absolute atomic E-state index is 0.166. The molecule has 0 radical (unpaired) electrons. The van der Waals surface area contributed by atoms with E-state index in [-0.39, 0.29) is 11.5 Å². The summed E-state index contributed by atoms with van der Waals surface area (Å²) in [4.78, 5) is 2.86. The molecule has 5 nitrogen and oxygen atoms in total. The van der Waals surface area contributed by atoms with Gasteiger partial charge in [-0.3, -0.25) is 0 Å². The predicted octanol–water partition coefficient (Wildman–Crippen LogP) is 0.897. The van der Waals surface area contributed by atoms with E-state index in [2.05, 4.69) is 9.71 Å². The minimum Gasteiger partial charge on any atom is -0.395 e. The molecular formula is C13H16N2O3S. The fraction of sp³-hybridized carbons (Fsp3) is 0.231. The topological polar surface area (TPSA) is 82.2 Å². The number of rotatable bonds is 6. The van der Waals surface area contributed by atoms with Crippen LogP contribution in [0.1, 0.15) is 5.56 Å². The van der Waals surface area contributed by atoms with Gasteiger partial charge in [0.2, 0.25) is 10.0 Å². The Bertz CT molecular complexity index is 594. The van der Waals surface area contributed by atoms with Crippen LogP contribution in [-0.2, 0) is 16.4 Å². The second kappa shape index (κ2) is 6.01.